The number of hydrogen-bond donors (Lipinski definition) is 1. The molecule has 1 saturated carbocycles. The monoisotopic (exact) mass is 548 g/mol. The second kappa shape index (κ2) is 10.7. The molecule has 5 nitrogen and oxygen atoms in total. The summed E-state index contributed by atoms with van der Waals surface area (Å²) in [5.74, 6) is 1.75. The van der Waals surface area contributed by atoms with Crippen LogP contribution in [0, 0.1) is 11.8 Å². The SMILES string of the molecule is CC(=O)NCc1c(/C=N\I)c2ccccc2n1C1CCN(C2CCC(C(C)C)CC2)CC1. The number of amides is 1. The highest BCUT2D eigenvalue weighted by atomic mass is 127. The fraction of sp³-hybridized carbons (Fsp3) is 0.615. The number of hydrogen-bond acceptors (Lipinski definition) is 3. The molecule has 1 saturated heterocycles. The van der Waals surface area contributed by atoms with E-state index in [9.17, 15) is 4.79 Å². The molecule has 0 radical (unpaired) electrons. The topological polar surface area (TPSA) is 49.6 Å². The minimum absolute atomic E-state index is 0.00554. The van der Waals surface area contributed by atoms with Crippen molar-refractivity contribution in [1.82, 2.24) is 14.8 Å². The van der Waals surface area contributed by atoms with E-state index in [4.69, 9.17) is 0 Å². The lowest BCUT2D eigenvalue weighted by atomic mass is 9.79. The van der Waals surface area contributed by atoms with E-state index in [0.717, 1.165) is 36.3 Å². The number of piperidine rings is 1. The first-order chi connectivity index (χ1) is 15.5. The van der Waals surface area contributed by atoms with Crippen molar-refractivity contribution >= 4 is 45.9 Å². The van der Waals surface area contributed by atoms with Gasteiger partial charge in [0.2, 0.25) is 5.91 Å². The first-order valence-electron chi connectivity index (χ1n) is 12.2. The lowest BCUT2D eigenvalue weighted by molar-refractivity contribution is -0.119. The maximum Gasteiger partial charge on any atom is 0.217 e. The summed E-state index contributed by atoms with van der Waals surface area (Å²) in [6.45, 7) is 9.24. The van der Waals surface area contributed by atoms with Crippen LogP contribution in [0.4, 0.5) is 0 Å². The van der Waals surface area contributed by atoms with Gasteiger partial charge in [0.1, 0.15) is 0 Å². The molecule has 1 aromatic carbocycles. The number of rotatable bonds is 6. The normalized spacial score (nSPS) is 23.4. The van der Waals surface area contributed by atoms with Crippen molar-refractivity contribution in [2.45, 2.75) is 77.9 Å². The predicted octanol–water partition coefficient (Wildman–Crippen LogP) is 5.90. The molecule has 0 spiro atoms. The van der Waals surface area contributed by atoms with Crippen molar-refractivity contribution in [2.75, 3.05) is 13.1 Å². The van der Waals surface area contributed by atoms with E-state index in [1.807, 2.05) is 29.1 Å². The van der Waals surface area contributed by atoms with Crippen molar-refractivity contribution in [1.29, 1.82) is 0 Å². The molecule has 1 aliphatic heterocycles. The van der Waals surface area contributed by atoms with E-state index in [2.05, 4.69) is 56.1 Å². The Hall–Kier alpha value is -1.41. The van der Waals surface area contributed by atoms with Gasteiger partial charge in [-0.15, -0.1) is 0 Å². The molecule has 2 heterocycles. The highest BCUT2D eigenvalue weighted by molar-refractivity contribution is 14.1. The lowest BCUT2D eigenvalue weighted by Crippen LogP contribution is -2.44. The molecule has 1 aromatic heterocycles. The van der Waals surface area contributed by atoms with Crippen molar-refractivity contribution in [3.05, 3.63) is 35.5 Å². The summed E-state index contributed by atoms with van der Waals surface area (Å²) in [5.41, 5.74) is 3.57. The zero-order chi connectivity index (χ0) is 22.7. The van der Waals surface area contributed by atoms with Crippen LogP contribution in [0.1, 0.15) is 76.6 Å². The van der Waals surface area contributed by atoms with Crippen LogP contribution in [0.15, 0.2) is 27.5 Å². The van der Waals surface area contributed by atoms with Gasteiger partial charge < -0.3 is 14.8 Å². The molecule has 6 heteroatoms. The summed E-state index contributed by atoms with van der Waals surface area (Å²) in [7, 11) is 0. The molecule has 32 heavy (non-hydrogen) atoms. The van der Waals surface area contributed by atoms with Crippen LogP contribution in [-0.2, 0) is 11.3 Å². The smallest absolute Gasteiger partial charge is 0.217 e. The van der Waals surface area contributed by atoms with Gasteiger partial charge in [-0.3, -0.25) is 4.79 Å². The zero-order valence-corrected chi connectivity index (χ0v) is 21.8. The number of carbonyl (C=O) groups excluding carboxylic acids is 1. The van der Waals surface area contributed by atoms with Crippen molar-refractivity contribution in [3.63, 3.8) is 0 Å². The predicted molar refractivity (Wildman–Crippen MR) is 142 cm³/mol. The van der Waals surface area contributed by atoms with Gasteiger partial charge in [0.15, 0.2) is 0 Å². The molecule has 2 aliphatic rings. The number of carbonyl (C=O) groups is 1. The zero-order valence-electron chi connectivity index (χ0n) is 19.7. The van der Waals surface area contributed by atoms with Gasteiger partial charge >= 0.3 is 0 Å². The van der Waals surface area contributed by atoms with Crippen LogP contribution in [-0.4, -0.2) is 40.7 Å². The first-order valence-corrected chi connectivity index (χ1v) is 13.2. The van der Waals surface area contributed by atoms with E-state index in [-0.39, 0.29) is 5.91 Å². The van der Waals surface area contributed by atoms with Gasteiger partial charge in [-0.05, 0) is 56.4 Å². The van der Waals surface area contributed by atoms with E-state index in [0.29, 0.717) is 12.6 Å². The average Bonchev–Trinajstić information content (AvgIpc) is 3.11. The molecule has 4 rings (SSSR count). The van der Waals surface area contributed by atoms with Crippen LogP contribution >= 0.6 is 22.9 Å². The van der Waals surface area contributed by atoms with Crippen LogP contribution in [0.25, 0.3) is 10.9 Å². The Bertz CT molecular complexity index is 950. The second-order valence-corrected chi connectivity index (χ2v) is 10.5. The molecule has 2 fully saturated rings. The molecule has 0 atom stereocenters. The first kappa shape index (κ1) is 23.7. The Balaban J connectivity index is 1.54. The standard InChI is InChI=1S/C26H37IN4O/c1-18(2)20-8-10-21(11-9-20)30-14-12-22(13-15-30)31-25-7-5-4-6-23(25)24(16-29-27)26(31)17-28-19(3)32/h4-7,16,18,20-22H,8-15,17H2,1-3H3,(H,28,32)/b29-16-. The molecule has 2 aromatic rings. The highest BCUT2D eigenvalue weighted by Gasteiger charge is 2.31. The average molecular weight is 549 g/mol. The third-order valence-electron chi connectivity index (χ3n) is 7.80. The van der Waals surface area contributed by atoms with Gasteiger partial charge in [0.05, 0.1) is 29.4 Å². The number of halogens is 1. The fourth-order valence-corrected chi connectivity index (χ4v) is 6.26. The van der Waals surface area contributed by atoms with Crippen LogP contribution in [0.3, 0.4) is 0 Å². The van der Waals surface area contributed by atoms with Crippen molar-refractivity contribution in [2.24, 2.45) is 15.0 Å². The molecular weight excluding hydrogens is 511 g/mol. The minimum atomic E-state index is 0.00554. The van der Waals surface area contributed by atoms with E-state index < -0.39 is 0 Å². The third kappa shape index (κ3) is 5.06. The fourth-order valence-electron chi connectivity index (χ4n) is 5.98. The number of nitrogens with zero attached hydrogens (tertiary/aromatic N) is 3. The summed E-state index contributed by atoms with van der Waals surface area (Å²) < 4.78 is 6.81. The van der Waals surface area contributed by atoms with Gasteiger partial charge in [-0.1, -0.05) is 32.0 Å². The van der Waals surface area contributed by atoms with Crippen LogP contribution in [0.2, 0.25) is 0 Å². The van der Waals surface area contributed by atoms with Gasteiger partial charge in [-0.2, -0.15) is 0 Å². The summed E-state index contributed by atoms with van der Waals surface area (Å²) in [6.07, 6.45) is 9.79. The van der Waals surface area contributed by atoms with E-state index >= 15 is 0 Å². The maximum atomic E-state index is 11.7. The van der Waals surface area contributed by atoms with Gasteiger partial charge in [0, 0.05) is 60.5 Å². The summed E-state index contributed by atoms with van der Waals surface area (Å²) in [5, 5.41) is 4.27. The Kier molecular flexibility index (Phi) is 7.92. The van der Waals surface area contributed by atoms with Crippen LogP contribution in [0.5, 0.6) is 0 Å². The number of aromatic nitrogens is 1. The lowest BCUT2D eigenvalue weighted by Gasteiger charge is -2.42. The molecular formula is C26H37IN4O. The molecule has 1 aliphatic carbocycles. The number of para-hydroxylation sites is 1. The Morgan fingerprint density at radius 2 is 1.81 bits per heavy atom. The molecule has 1 amide bonds. The summed E-state index contributed by atoms with van der Waals surface area (Å²) in [4.78, 5) is 14.5. The van der Waals surface area contributed by atoms with Crippen molar-refractivity contribution in [3.8, 4) is 0 Å². The van der Waals surface area contributed by atoms with E-state index in [1.54, 1.807) is 6.92 Å². The minimum Gasteiger partial charge on any atom is -0.351 e. The maximum absolute atomic E-state index is 11.7. The van der Waals surface area contributed by atoms with Crippen molar-refractivity contribution < 1.29 is 4.79 Å². The number of nitrogens with one attached hydrogen (secondary N) is 1. The second-order valence-electron chi connectivity index (χ2n) is 9.96. The molecule has 1 N–H and O–H groups in total. The van der Waals surface area contributed by atoms with E-state index in [1.165, 1.54) is 55.4 Å². The highest BCUT2D eigenvalue weighted by Crippen LogP contribution is 2.37. The Morgan fingerprint density at radius 3 is 2.44 bits per heavy atom. The number of benzene rings is 1. The number of fused-ring (bicyclic) bond motifs is 1. The quantitative estimate of drug-likeness (QED) is 0.361. The Morgan fingerprint density at radius 1 is 1.12 bits per heavy atom. The summed E-state index contributed by atoms with van der Waals surface area (Å²) >= 11 is 2.04. The third-order valence-corrected chi connectivity index (χ3v) is 8.08. The molecule has 174 valence electrons. The Labute approximate surface area is 206 Å². The molecule has 0 bridgehead atoms. The molecule has 0 unspecified atom stereocenters. The van der Waals surface area contributed by atoms with Gasteiger partial charge in [-0.25, -0.2) is 3.21 Å². The van der Waals surface area contributed by atoms with Gasteiger partial charge in [0.25, 0.3) is 0 Å². The van der Waals surface area contributed by atoms with Crippen LogP contribution < -0.4 is 5.32 Å². The number of likely N-dealkylation sites (tertiary alicyclic amines) is 1. The summed E-state index contributed by atoms with van der Waals surface area (Å²) in [6, 6.07) is 9.84. The largest absolute Gasteiger partial charge is 0.351 e.